The summed E-state index contributed by atoms with van der Waals surface area (Å²) in [5.74, 6) is 0.625. The molecule has 186 valence electrons. The quantitative estimate of drug-likeness (QED) is 0.404. The molecule has 1 unspecified atom stereocenters. The Morgan fingerprint density at radius 1 is 0.758 bits per heavy atom. The smallest absolute Gasteiger partial charge is 0.00635 e. The lowest BCUT2D eigenvalue weighted by Gasteiger charge is -2.42. The van der Waals surface area contributed by atoms with Crippen LogP contribution < -0.4 is 0 Å². The highest BCUT2D eigenvalue weighted by Gasteiger charge is 2.36. The molecule has 0 N–H and O–H groups in total. The SMILES string of the molecule is CC1=C(C)C(C(C)(C)CC(C)(C)C)CC(Cc2cc(C)c(C)c(C(C)(C)CC(C)(C)C)c2)=C1. The molecule has 0 bridgehead atoms. The molecule has 1 atom stereocenters. The Morgan fingerprint density at radius 2 is 1.30 bits per heavy atom. The first-order chi connectivity index (χ1) is 14.7. The normalized spacial score (nSPS) is 18.6. The fourth-order valence-electron chi connectivity index (χ4n) is 7.07. The van der Waals surface area contributed by atoms with Gasteiger partial charge in [0.1, 0.15) is 0 Å². The lowest BCUT2D eigenvalue weighted by Crippen LogP contribution is -2.32. The molecule has 0 nitrogen and oxygen atoms in total. The minimum Gasteiger partial charge on any atom is -0.0664 e. The average Bonchev–Trinajstić information content (AvgIpc) is 2.56. The van der Waals surface area contributed by atoms with Crippen LogP contribution in [0.5, 0.6) is 0 Å². The molecule has 0 fully saturated rings. The predicted molar refractivity (Wildman–Crippen MR) is 149 cm³/mol. The Labute approximate surface area is 207 Å². The standard InChI is InChI=1S/C33H54/c1-22-15-26(18-28(24(22)3)32(11,12)20-30(5,6)7)17-27-16-23(2)25(4)29(19-27)33(13,14)21-31(8,9)10/h15-16,18,29H,17,19-21H2,1-14H3. The Morgan fingerprint density at radius 3 is 1.82 bits per heavy atom. The third kappa shape index (κ3) is 7.34. The van der Waals surface area contributed by atoms with Gasteiger partial charge in [-0.25, -0.2) is 0 Å². The largest absolute Gasteiger partial charge is 0.0664 e. The van der Waals surface area contributed by atoms with E-state index in [9.17, 15) is 0 Å². The van der Waals surface area contributed by atoms with Gasteiger partial charge < -0.3 is 0 Å². The molecule has 0 heteroatoms. The van der Waals surface area contributed by atoms with Crippen LogP contribution in [0.2, 0.25) is 0 Å². The highest BCUT2D eigenvalue weighted by Crippen LogP contribution is 2.48. The average molecular weight is 451 g/mol. The van der Waals surface area contributed by atoms with Gasteiger partial charge in [0.2, 0.25) is 0 Å². The maximum absolute atomic E-state index is 2.53. The van der Waals surface area contributed by atoms with Gasteiger partial charge in [-0.1, -0.05) is 104 Å². The van der Waals surface area contributed by atoms with Crippen molar-refractivity contribution in [1.82, 2.24) is 0 Å². The van der Waals surface area contributed by atoms with E-state index in [-0.39, 0.29) is 5.41 Å². The first kappa shape index (κ1) is 27.9. The van der Waals surface area contributed by atoms with Crippen LogP contribution >= 0.6 is 0 Å². The van der Waals surface area contributed by atoms with E-state index in [1.54, 1.807) is 11.1 Å². The number of aryl methyl sites for hydroxylation is 1. The van der Waals surface area contributed by atoms with Crippen molar-refractivity contribution in [2.45, 2.75) is 128 Å². The molecule has 2 rings (SSSR count). The van der Waals surface area contributed by atoms with E-state index in [0.717, 1.165) is 6.42 Å². The van der Waals surface area contributed by atoms with E-state index in [1.165, 1.54) is 47.1 Å². The molecule has 0 heterocycles. The summed E-state index contributed by atoms with van der Waals surface area (Å²) in [7, 11) is 0. The van der Waals surface area contributed by atoms with Gasteiger partial charge in [-0.05, 0) is 103 Å². The molecule has 0 aliphatic heterocycles. The second-order valence-corrected chi connectivity index (χ2v) is 15.0. The van der Waals surface area contributed by atoms with Crippen LogP contribution in [0.4, 0.5) is 0 Å². The van der Waals surface area contributed by atoms with Crippen LogP contribution in [0.3, 0.4) is 0 Å². The molecular weight excluding hydrogens is 396 g/mol. The van der Waals surface area contributed by atoms with Crippen molar-refractivity contribution >= 4 is 0 Å². The fourth-order valence-corrected chi connectivity index (χ4v) is 7.07. The van der Waals surface area contributed by atoms with Crippen molar-refractivity contribution in [2.24, 2.45) is 22.2 Å². The van der Waals surface area contributed by atoms with Crippen LogP contribution in [-0.2, 0) is 11.8 Å². The summed E-state index contributed by atoms with van der Waals surface area (Å²) in [6.45, 7) is 33.4. The van der Waals surface area contributed by atoms with Crippen molar-refractivity contribution in [1.29, 1.82) is 0 Å². The number of hydrogen-bond donors (Lipinski definition) is 0. The minimum atomic E-state index is 0.174. The molecule has 0 aromatic heterocycles. The van der Waals surface area contributed by atoms with Gasteiger partial charge in [0, 0.05) is 0 Å². The molecule has 33 heavy (non-hydrogen) atoms. The van der Waals surface area contributed by atoms with E-state index in [0.29, 0.717) is 22.2 Å². The van der Waals surface area contributed by atoms with Crippen LogP contribution in [0.25, 0.3) is 0 Å². The summed E-state index contributed by atoms with van der Waals surface area (Å²) in [5, 5.41) is 0. The second kappa shape index (κ2) is 9.39. The third-order valence-corrected chi connectivity index (χ3v) is 7.82. The molecule has 0 amide bonds. The topological polar surface area (TPSA) is 0 Å². The number of hydrogen-bond acceptors (Lipinski definition) is 0. The van der Waals surface area contributed by atoms with Gasteiger partial charge in [0.15, 0.2) is 0 Å². The molecule has 1 aliphatic rings. The molecule has 1 aromatic carbocycles. The van der Waals surface area contributed by atoms with Crippen molar-refractivity contribution in [3.8, 4) is 0 Å². The van der Waals surface area contributed by atoms with Crippen molar-refractivity contribution in [3.05, 3.63) is 57.2 Å². The Kier molecular flexibility index (Phi) is 7.95. The Bertz CT molecular complexity index is 916. The highest BCUT2D eigenvalue weighted by atomic mass is 14.4. The first-order valence-electron chi connectivity index (χ1n) is 13.2. The van der Waals surface area contributed by atoms with Crippen LogP contribution in [0.15, 0.2) is 34.9 Å². The van der Waals surface area contributed by atoms with Crippen molar-refractivity contribution in [2.75, 3.05) is 0 Å². The zero-order valence-corrected chi connectivity index (χ0v) is 24.6. The fraction of sp³-hybridized carbons (Fsp3) is 0.697. The van der Waals surface area contributed by atoms with Crippen LogP contribution in [0.1, 0.15) is 125 Å². The predicted octanol–water partition coefficient (Wildman–Crippen LogP) is 10.3. The van der Waals surface area contributed by atoms with Gasteiger partial charge in [0.05, 0.1) is 0 Å². The van der Waals surface area contributed by atoms with Gasteiger partial charge in [0.25, 0.3) is 0 Å². The lowest BCUT2D eigenvalue weighted by molar-refractivity contribution is 0.148. The van der Waals surface area contributed by atoms with E-state index in [1.807, 2.05) is 0 Å². The number of rotatable bonds is 6. The monoisotopic (exact) mass is 450 g/mol. The summed E-state index contributed by atoms with van der Waals surface area (Å²) in [6.07, 6.45) is 7.20. The van der Waals surface area contributed by atoms with Crippen molar-refractivity contribution in [3.63, 3.8) is 0 Å². The molecule has 0 radical (unpaired) electrons. The Hall–Kier alpha value is -1.30. The summed E-state index contributed by atoms with van der Waals surface area (Å²) in [4.78, 5) is 0. The number of allylic oxidation sites excluding steroid dienone is 4. The summed E-state index contributed by atoms with van der Waals surface area (Å²) >= 11 is 0. The third-order valence-electron chi connectivity index (χ3n) is 7.82. The molecule has 0 spiro atoms. The van der Waals surface area contributed by atoms with Gasteiger partial charge in [-0.15, -0.1) is 0 Å². The molecule has 1 aliphatic carbocycles. The van der Waals surface area contributed by atoms with E-state index >= 15 is 0 Å². The zero-order valence-electron chi connectivity index (χ0n) is 24.6. The van der Waals surface area contributed by atoms with Gasteiger partial charge in [-0.3, -0.25) is 0 Å². The van der Waals surface area contributed by atoms with Crippen molar-refractivity contribution < 1.29 is 0 Å². The van der Waals surface area contributed by atoms with E-state index < -0.39 is 0 Å². The second-order valence-electron chi connectivity index (χ2n) is 15.0. The van der Waals surface area contributed by atoms with Gasteiger partial charge >= 0.3 is 0 Å². The first-order valence-corrected chi connectivity index (χ1v) is 13.2. The zero-order chi connectivity index (χ0) is 25.6. The maximum atomic E-state index is 2.53. The summed E-state index contributed by atoms with van der Waals surface area (Å²) in [6, 6.07) is 4.98. The molecular formula is C33H54. The van der Waals surface area contributed by atoms with E-state index in [2.05, 4.69) is 115 Å². The lowest BCUT2D eigenvalue weighted by atomic mass is 9.63. The minimum absolute atomic E-state index is 0.174. The Balaban J connectivity index is 2.39. The van der Waals surface area contributed by atoms with Crippen LogP contribution in [-0.4, -0.2) is 0 Å². The van der Waals surface area contributed by atoms with Gasteiger partial charge in [-0.2, -0.15) is 0 Å². The summed E-state index contributed by atoms with van der Waals surface area (Å²) < 4.78 is 0. The van der Waals surface area contributed by atoms with Crippen LogP contribution in [0, 0.1) is 36.0 Å². The maximum Gasteiger partial charge on any atom is -0.00635 e. The number of benzene rings is 1. The highest BCUT2D eigenvalue weighted by molar-refractivity contribution is 5.44. The summed E-state index contributed by atoms with van der Waals surface area (Å²) in [5.41, 5.74) is 11.8. The molecule has 0 saturated heterocycles. The molecule has 1 aromatic rings. The molecule has 0 saturated carbocycles. The van der Waals surface area contributed by atoms with E-state index in [4.69, 9.17) is 0 Å².